The fraction of sp³-hybridized carbons (Fsp3) is 0.118. The second-order valence-corrected chi connectivity index (χ2v) is 7.32. The maximum atomic E-state index is 12.6. The predicted octanol–water partition coefficient (Wildman–Crippen LogP) is 4.00. The summed E-state index contributed by atoms with van der Waals surface area (Å²) in [4.78, 5) is 0.120. The summed E-state index contributed by atoms with van der Waals surface area (Å²) in [5.41, 5.74) is 0.740. The molecule has 5 nitrogen and oxygen atoms in total. The number of benzene rings is 2. The molecular formula is C17H14F3N3O2S. The van der Waals surface area contributed by atoms with E-state index in [1.807, 2.05) is 6.92 Å². The van der Waals surface area contributed by atoms with Crippen molar-refractivity contribution in [3.63, 3.8) is 0 Å². The molecule has 0 bridgehead atoms. The average Bonchev–Trinajstić information content (AvgIpc) is 3.06. The van der Waals surface area contributed by atoms with Crippen molar-refractivity contribution >= 4 is 15.7 Å². The molecule has 0 radical (unpaired) electrons. The van der Waals surface area contributed by atoms with Gasteiger partial charge in [0, 0.05) is 11.9 Å². The van der Waals surface area contributed by atoms with E-state index in [4.69, 9.17) is 0 Å². The third-order valence-corrected chi connectivity index (χ3v) is 5.02. The van der Waals surface area contributed by atoms with E-state index in [-0.39, 0.29) is 10.6 Å². The van der Waals surface area contributed by atoms with Crippen molar-refractivity contribution in [1.29, 1.82) is 0 Å². The van der Waals surface area contributed by atoms with Crippen molar-refractivity contribution < 1.29 is 21.6 Å². The molecule has 0 spiro atoms. The highest BCUT2D eigenvalue weighted by atomic mass is 32.2. The lowest BCUT2D eigenvalue weighted by atomic mass is 10.2. The molecule has 0 aliphatic rings. The van der Waals surface area contributed by atoms with E-state index in [1.165, 1.54) is 36.4 Å². The van der Waals surface area contributed by atoms with Crippen LogP contribution in [0.1, 0.15) is 11.1 Å². The smallest absolute Gasteiger partial charge is 0.280 e. The fourth-order valence-electron chi connectivity index (χ4n) is 2.22. The van der Waals surface area contributed by atoms with Gasteiger partial charge in [-0.25, -0.2) is 13.1 Å². The van der Waals surface area contributed by atoms with Gasteiger partial charge >= 0.3 is 6.18 Å². The van der Waals surface area contributed by atoms with Crippen LogP contribution < -0.4 is 4.72 Å². The number of nitrogens with zero attached hydrogens (tertiary/aromatic N) is 2. The summed E-state index contributed by atoms with van der Waals surface area (Å²) in [5.74, 6) is 0. The molecule has 0 unspecified atom stereocenters. The van der Waals surface area contributed by atoms with Gasteiger partial charge < -0.3 is 0 Å². The van der Waals surface area contributed by atoms with Crippen molar-refractivity contribution in [2.75, 3.05) is 4.72 Å². The molecule has 0 atom stereocenters. The number of aromatic nitrogens is 2. The van der Waals surface area contributed by atoms with Crippen LogP contribution in [-0.4, -0.2) is 18.2 Å². The van der Waals surface area contributed by atoms with E-state index in [1.54, 1.807) is 12.1 Å². The molecule has 3 aromatic rings. The number of rotatable bonds is 4. The normalized spacial score (nSPS) is 12.2. The molecule has 1 N–H and O–H groups in total. The number of alkyl halides is 3. The Morgan fingerprint density at radius 3 is 2.15 bits per heavy atom. The van der Waals surface area contributed by atoms with Crippen molar-refractivity contribution in [1.82, 2.24) is 9.78 Å². The van der Waals surface area contributed by atoms with Crippen LogP contribution in [-0.2, 0) is 16.2 Å². The van der Waals surface area contributed by atoms with Gasteiger partial charge in [0.1, 0.15) is 0 Å². The molecule has 0 aliphatic heterocycles. The summed E-state index contributed by atoms with van der Waals surface area (Å²) in [6.07, 6.45) is -2.87. The van der Waals surface area contributed by atoms with Crippen LogP contribution >= 0.6 is 0 Å². The predicted molar refractivity (Wildman–Crippen MR) is 90.6 cm³/mol. The highest BCUT2D eigenvalue weighted by Crippen LogP contribution is 2.29. The van der Waals surface area contributed by atoms with Crippen LogP contribution in [0.15, 0.2) is 65.8 Å². The topological polar surface area (TPSA) is 64.0 Å². The minimum atomic E-state index is -4.47. The molecule has 26 heavy (non-hydrogen) atoms. The van der Waals surface area contributed by atoms with Gasteiger partial charge in [0.15, 0.2) is 0 Å². The first kappa shape index (κ1) is 18.0. The molecule has 1 heterocycles. The standard InChI is InChI=1S/C17H14F3N3O2S/c1-12-2-8-16(9-3-12)26(24,25)22-14-4-6-15(7-5-14)23-11-13(10-21-23)17(18,19)20/h2-11,22H,1H3. The van der Waals surface area contributed by atoms with Crippen molar-refractivity contribution in [2.45, 2.75) is 18.0 Å². The van der Waals surface area contributed by atoms with E-state index < -0.39 is 21.8 Å². The zero-order chi connectivity index (χ0) is 18.9. The third kappa shape index (κ3) is 3.88. The number of hydrogen-bond donors (Lipinski definition) is 1. The Bertz CT molecular complexity index is 1010. The van der Waals surface area contributed by atoms with Crippen LogP contribution in [0.2, 0.25) is 0 Å². The summed E-state index contributed by atoms with van der Waals surface area (Å²) < 4.78 is 66.0. The Morgan fingerprint density at radius 1 is 1.00 bits per heavy atom. The Morgan fingerprint density at radius 2 is 1.62 bits per heavy atom. The first-order chi connectivity index (χ1) is 12.1. The highest BCUT2D eigenvalue weighted by Gasteiger charge is 2.32. The molecule has 0 saturated heterocycles. The van der Waals surface area contributed by atoms with Crippen molar-refractivity contribution in [3.05, 3.63) is 72.1 Å². The first-order valence-electron chi connectivity index (χ1n) is 7.47. The third-order valence-electron chi connectivity index (χ3n) is 3.63. The number of aryl methyl sites for hydroxylation is 1. The average molecular weight is 381 g/mol. The summed E-state index contributed by atoms with van der Waals surface area (Å²) in [6.45, 7) is 1.85. The molecule has 0 fully saturated rings. The molecule has 9 heteroatoms. The van der Waals surface area contributed by atoms with Gasteiger partial charge in [0.2, 0.25) is 0 Å². The number of anilines is 1. The summed E-state index contributed by atoms with van der Waals surface area (Å²) >= 11 is 0. The zero-order valence-electron chi connectivity index (χ0n) is 13.5. The lowest BCUT2D eigenvalue weighted by molar-refractivity contribution is -0.137. The lowest BCUT2D eigenvalue weighted by Gasteiger charge is -2.09. The van der Waals surface area contributed by atoms with E-state index in [9.17, 15) is 21.6 Å². The molecule has 1 aromatic heterocycles. The SMILES string of the molecule is Cc1ccc(S(=O)(=O)Nc2ccc(-n3cc(C(F)(F)F)cn3)cc2)cc1. The number of halogens is 3. The van der Waals surface area contributed by atoms with Gasteiger partial charge in [-0.15, -0.1) is 0 Å². The molecule has 2 aromatic carbocycles. The van der Waals surface area contributed by atoms with Gasteiger partial charge in [0.05, 0.1) is 22.3 Å². The maximum Gasteiger partial charge on any atom is 0.419 e. The minimum absolute atomic E-state index is 0.120. The Hall–Kier alpha value is -2.81. The molecule has 3 rings (SSSR count). The van der Waals surface area contributed by atoms with E-state index in [0.29, 0.717) is 5.69 Å². The molecule has 136 valence electrons. The van der Waals surface area contributed by atoms with E-state index in [0.717, 1.165) is 22.6 Å². The highest BCUT2D eigenvalue weighted by molar-refractivity contribution is 7.92. The fourth-order valence-corrected chi connectivity index (χ4v) is 3.28. The van der Waals surface area contributed by atoms with Gasteiger partial charge in [-0.3, -0.25) is 4.72 Å². The molecular weight excluding hydrogens is 367 g/mol. The number of sulfonamides is 1. The van der Waals surface area contributed by atoms with Crippen LogP contribution in [0.3, 0.4) is 0 Å². The number of nitrogens with one attached hydrogen (secondary N) is 1. The van der Waals surface area contributed by atoms with Gasteiger partial charge in [0.25, 0.3) is 10.0 Å². The quantitative estimate of drug-likeness (QED) is 0.743. The van der Waals surface area contributed by atoms with Crippen molar-refractivity contribution in [3.8, 4) is 5.69 Å². The minimum Gasteiger partial charge on any atom is -0.280 e. The summed E-state index contributed by atoms with van der Waals surface area (Å²) in [5, 5.41) is 3.67. The van der Waals surface area contributed by atoms with Crippen LogP contribution in [0.4, 0.5) is 18.9 Å². The van der Waals surface area contributed by atoms with Gasteiger partial charge in [-0.1, -0.05) is 17.7 Å². The van der Waals surface area contributed by atoms with Crippen molar-refractivity contribution in [2.24, 2.45) is 0 Å². The largest absolute Gasteiger partial charge is 0.419 e. The molecule has 0 saturated carbocycles. The second kappa shape index (κ2) is 6.49. The molecule has 0 aliphatic carbocycles. The Kier molecular flexibility index (Phi) is 4.49. The Balaban J connectivity index is 1.79. The van der Waals surface area contributed by atoms with E-state index >= 15 is 0 Å². The molecule has 0 amide bonds. The van der Waals surface area contributed by atoms with Gasteiger partial charge in [-0.2, -0.15) is 18.3 Å². The zero-order valence-corrected chi connectivity index (χ0v) is 14.3. The van der Waals surface area contributed by atoms with Crippen LogP contribution in [0.25, 0.3) is 5.69 Å². The van der Waals surface area contributed by atoms with Crippen LogP contribution in [0, 0.1) is 6.92 Å². The Labute approximate surface area is 148 Å². The lowest BCUT2D eigenvalue weighted by Crippen LogP contribution is -2.12. The first-order valence-corrected chi connectivity index (χ1v) is 8.95. The van der Waals surface area contributed by atoms with Gasteiger partial charge in [-0.05, 0) is 43.3 Å². The number of hydrogen-bond acceptors (Lipinski definition) is 3. The van der Waals surface area contributed by atoms with Crippen LogP contribution in [0.5, 0.6) is 0 Å². The summed E-state index contributed by atoms with van der Waals surface area (Å²) in [7, 11) is -3.74. The van der Waals surface area contributed by atoms with E-state index in [2.05, 4.69) is 9.82 Å². The second-order valence-electron chi connectivity index (χ2n) is 5.64. The maximum absolute atomic E-state index is 12.6. The monoisotopic (exact) mass is 381 g/mol. The summed E-state index contributed by atoms with van der Waals surface area (Å²) in [6, 6.07) is 12.2.